The summed E-state index contributed by atoms with van der Waals surface area (Å²) in [6.45, 7) is 6.59. The van der Waals surface area contributed by atoms with Crippen LogP contribution in [0, 0.1) is 5.92 Å². The molecule has 2 N–H and O–H groups in total. The molecule has 2 atom stereocenters. The highest BCUT2D eigenvalue weighted by Gasteiger charge is 2.30. The number of piperidine rings is 1. The number of ether oxygens (including phenoxy) is 1. The maximum Gasteiger partial charge on any atom is 0.407 e. The summed E-state index contributed by atoms with van der Waals surface area (Å²) in [5, 5.41) is 5.46. The van der Waals surface area contributed by atoms with Gasteiger partial charge in [0.25, 0.3) is 0 Å². The lowest BCUT2D eigenvalue weighted by molar-refractivity contribution is -0.135. The minimum Gasteiger partial charge on any atom is -0.453 e. The van der Waals surface area contributed by atoms with E-state index in [-0.39, 0.29) is 23.8 Å². The van der Waals surface area contributed by atoms with E-state index in [4.69, 9.17) is 0 Å². The standard InChI is InChI=1S/C15H27N3O4/c1-10(2)8-13(17-15(21)22-4)14(20)18-7-5-6-12(9-18)16-11(3)19/h10,12-13H,5-9H2,1-4H3,(H,16,19)(H,17,21)/t12-,13-/m0/s1. The van der Waals surface area contributed by atoms with Crippen LogP contribution in [0.4, 0.5) is 4.79 Å². The molecule has 0 saturated carbocycles. The molecule has 1 aliphatic heterocycles. The summed E-state index contributed by atoms with van der Waals surface area (Å²) in [7, 11) is 1.28. The lowest BCUT2D eigenvalue weighted by Gasteiger charge is -2.35. The highest BCUT2D eigenvalue weighted by atomic mass is 16.5. The molecule has 1 heterocycles. The highest BCUT2D eigenvalue weighted by molar-refractivity contribution is 5.85. The Morgan fingerprint density at radius 3 is 2.55 bits per heavy atom. The van der Waals surface area contributed by atoms with Crippen molar-refractivity contribution in [1.29, 1.82) is 0 Å². The van der Waals surface area contributed by atoms with Crippen LogP contribution < -0.4 is 10.6 Å². The third kappa shape index (κ3) is 5.91. The predicted molar refractivity (Wildman–Crippen MR) is 82.2 cm³/mol. The van der Waals surface area contributed by atoms with Crippen molar-refractivity contribution in [2.45, 2.75) is 52.1 Å². The van der Waals surface area contributed by atoms with Crippen molar-refractivity contribution in [3.63, 3.8) is 0 Å². The number of rotatable bonds is 5. The van der Waals surface area contributed by atoms with Gasteiger partial charge in [-0.2, -0.15) is 0 Å². The van der Waals surface area contributed by atoms with E-state index in [2.05, 4.69) is 15.4 Å². The summed E-state index contributed by atoms with van der Waals surface area (Å²) in [4.78, 5) is 37.0. The number of nitrogens with one attached hydrogen (secondary N) is 2. The van der Waals surface area contributed by atoms with Crippen molar-refractivity contribution in [3.05, 3.63) is 0 Å². The van der Waals surface area contributed by atoms with Crippen molar-refractivity contribution < 1.29 is 19.1 Å². The molecule has 1 aliphatic rings. The molecule has 0 spiro atoms. The summed E-state index contributed by atoms with van der Waals surface area (Å²) >= 11 is 0. The maximum absolute atomic E-state index is 12.7. The van der Waals surface area contributed by atoms with Gasteiger partial charge in [-0.3, -0.25) is 9.59 Å². The molecule has 0 aromatic heterocycles. The molecule has 1 rings (SSSR count). The first-order valence-corrected chi connectivity index (χ1v) is 7.73. The molecule has 0 aromatic rings. The molecule has 0 bridgehead atoms. The van der Waals surface area contributed by atoms with Crippen LogP contribution in [0.1, 0.15) is 40.0 Å². The fourth-order valence-corrected chi connectivity index (χ4v) is 2.70. The number of carbonyl (C=O) groups excluding carboxylic acids is 3. The molecule has 3 amide bonds. The van der Waals surface area contributed by atoms with Crippen molar-refractivity contribution in [3.8, 4) is 0 Å². The smallest absolute Gasteiger partial charge is 0.407 e. The third-order valence-electron chi connectivity index (χ3n) is 3.62. The van der Waals surface area contributed by atoms with Gasteiger partial charge in [0.05, 0.1) is 7.11 Å². The van der Waals surface area contributed by atoms with E-state index in [1.54, 1.807) is 4.90 Å². The number of amides is 3. The van der Waals surface area contributed by atoms with E-state index in [1.165, 1.54) is 14.0 Å². The summed E-state index contributed by atoms with van der Waals surface area (Å²) in [6.07, 6.45) is 1.65. The summed E-state index contributed by atoms with van der Waals surface area (Å²) in [6, 6.07) is -0.614. The van der Waals surface area contributed by atoms with Crippen LogP contribution in [-0.2, 0) is 14.3 Å². The van der Waals surface area contributed by atoms with E-state index >= 15 is 0 Å². The zero-order valence-corrected chi connectivity index (χ0v) is 13.8. The maximum atomic E-state index is 12.7. The van der Waals surface area contributed by atoms with Crippen LogP contribution in [-0.4, -0.2) is 55.1 Å². The minimum absolute atomic E-state index is 0.0203. The molecule has 0 aliphatic carbocycles. The average molecular weight is 313 g/mol. The van der Waals surface area contributed by atoms with Gasteiger partial charge in [-0.15, -0.1) is 0 Å². The molecule has 0 unspecified atom stereocenters. The number of hydrogen-bond donors (Lipinski definition) is 2. The van der Waals surface area contributed by atoms with Gasteiger partial charge in [-0.05, 0) is 25.2 Å². The number of hydrogen-bond acceptors (Lipinski definition) is 4. The molecule has 0 radical (unpaired) electrons. The van der Waals surface area contributed by atoms with Crippen molar-refractivity contribution in [1.82, 2.24) is 15.5 Å². The third-order valence-corrected chi connectivity index (χ3v) is 3.62. The lowest BCUT2D eigenvalue weighted by atomic mass is 10.00. The Kier molecular flexibility index (Phi) is 7.14. The van der Waals surface area contributed by atoms with Crippen LogP contribution in [0.3, 0.4) is 0 Å². The monoisotopic (exact) mass is 313 g/mol. The Hall–Kier alpha value is -1.79. The molecular formula is C15H27N3O4. The van der Waals surface area contributed by atoms with Crippen LogP contribution in [0.5, 0.6) is 0 Å². The first kappa shape index (κ1) is 18.3. The number of carbonyl (C=O) groups is 3. The van der Waals surface area contributed by atoms with Gasteiger partial charge in [-0.1, -0.05) is 13.8 Å². The molecule has 7 heteroatoms. The van der Waals surface area contributed by atoms with Gasteiger partial charge in [0.15, 0.2) is 0 Å². The molecule has 1 saturated heterocycles. The number of nitrogens with zero attached hydrogens (tertiary/aromatic N) is 1. The average Bonchev–Trinajstić information content (AvgIpc) is 2.44. The lowest BCUT2D eigenvalue weighted by Crippen LogP contribution is -2.55. The highest BCUT2D eigenvalue weighted by Crippen LogP contribution is 2.14. The van der Waals surface area contributed by atoms with E-state index in [9.17, 15) is 14.4 Å². The largest absolute Gasteiger partial charge is 0.453 e. The minimum atomic E-state index is -0.602. The second-order valence-corrected chi connectivity index (χ2v) is 6.14. The molecule has 126 valence electrons. The first-order valence-electron chi connectivity index (χ1n) is 7.73. The SMILES string of the molecule is COC(=O)N[C@@H](CC(C)C)C(=O)N1CCC[C@H](NC(C)=O)C1. The van der Waals surface area contributed by atoms with Crippen LogP contribution in [0.25, 0.3) is 0 Å². The Morgan fingerprint density at radius 1 is 1.32 bits per heavy atom. The van der Waals surface area contributed by atoms with Gasteiger partial charge in [-0.25, -0.2) is 4.79 Å². The first-order chi connectivity index (χ1) is 10.3. The zero-order valence-electron chi connectivity index (χ0n) is 13.8. The Morgan fingerprint density at radius 2 is 2.00 bits per heavy atom. The van der Waals surface area contributed by atoms with Gasteiger partial charge in [0.2, 0.25) is 11.8 Å². The van der Waals surface area contributed by atoms with E-state index in [1.807, 2.05) is 13.8 Å². The Bertz CT molecular complexity index is 412. The quantitative estimate of drug-likeness (QED) is 0.789. The fraction of sp³-hybridized carbons (Fsp3) is 0.800. The van der Waals surface area contributed by atoms with Gasteiger partial charge >= 0.3 is 6.09 Å². The van der Waals surface area contributed by atoms with E-state index in [0.29, 0.717) is 19.5 Å². The second-order valence-electron chi connectivity index (χ2n) is 6.14. The summed E-state index contributed by atoms with van der Waals surface area (Å²) in [5.41, 5.74) is 0. The van der Waals surface area contributed by atoms with Crippen molar-refractivity contribution in [2.75, 3.05) is 20.2 Å². The van der Waals surface area contributed by atoms with E-state index in [0.717, 1.165) is 12.8 Å². The summed E-state index contributed by atoms with van der Waals surface area (Å²) < 4.78 is 4.60. The van der Waals surface area contributed by atoms with Gasteiger partial charge in [0, 0.05) is 26.1 Å². The van der Waals surface area contributed by atoms with E-state index < -0.39 is 12.1 Å². The van der Waals surface area contributed by atoms with Crippen LogP contribution in [0.15, 0.2) is 0 Å². The predicted octanol–water partition coefficient (Wildman–Crippen LogP) is 0.884. The fourth-order valence-electron chi connectivity index (χ4n) is 2.70. The number of methoxy groups -OCH3 is 1. The van der Waals surface area contributed by atoms with Crippen LogP contribution in [0.2, 0.25) is 0 Å². The number of likely N-dealkylation sites (tertiary alicyclic amines) is 1. The molecular weight excluding hydrogens is 286 g/mol. The zero-order chi connectivity index (χ0) is 16.7. The molecule has 22 heavy (non-hydrogen) atoms. The second kappa shape index (κ2) is 8.60. The Balaban J connectivity index is 2.70. The van der Waals surface area contributed by atoms with Gasteiger partial charge in [0.1, 0.15) is 6.04 Å². The normalized spacial score (nSPS) is 19.5. The topological polar surface area (TPSA) is 87.7 Å². The number of alkyl carbamates (subject to hydrolysis) is 1. The molecule has 1 fully saturated rings. The Labute approximate surface area is 131 Å². The van der Waals surface area contributed by atoms with Crippen LogP contribution >= 0.6 is 0 Å². The molecule has 7 nitrogen and oxygen atoms in total. The van der Waals surface area contributed by atoms with Crippen molar-refractivity contribution in [2.24, 2.45) is 5.92 Å². The molecule has 0 aromatic carbocycles. The van der Waals surface area contributed by atoms with Crippen molar-refractivity contribution >= 4 is 17.9 Å². The summed E-state index contributed by atoms with van der Waals surface area (Å²) in [5.74, 6) is 0.0573. The van der Waals surface area contributed by atoms with Gasteiger partial charge < -0.3 is 20.3 Å².